The quantitative estimate of drug-likeness (QED) is 0.169. The number of furan rings is 2. The molecule has 0 unspecified atom stereocenters. The van der Waals surface area contributed by atoms with Crippen LogP contribution in [0.15, 0.2) is 191 Å². The molecule has 3 aromatic heterocycles. The van der Waals surface area contributed by atoms with Gasteiger partial charge in [-0.25, -0.2) is 0 Å². The molecule has 0 aliphatic carbocycles. The van der Waals surface area contributed by atoms with Crippen LogP contribution in [-0.2, 0) is 0 Å². The molecule has 3 heterocycles. The van der Waals surface area contributed by atoms with Crippen LogP contribution in [0.1, 0.15) is 0 Å². The number of hydrogen-bond acceptors (Lipinski definition) is 3. The van der Waals surface area contributed by atoms with Crippen molar-refractivity contribution < 1.29 is 8.83 Å². The molecule has 0 amide bonds. The largest absolute Gasteiger partial charge is 0.455 e. The maximum absolute atomic E-state index is 6.83. The zero-order valence-corrected chi connectivity index (χ0v) is 30.4. The molecule has 3 heteroatoms. The normalized spacial score (nSPS) is 12.0. The molecule has 256 valence electrons. The van der Waals surface area contributed by atoms with Crippen LogP contribution in [0.25, 0.3) is 119 Å². The highest BCUT2D eigenvalue weighted by molar-refractivity contribution is 7.26. The van der Waals surface area contributed by atoms with Crippen molar-refractivity contribution in [1.29, 1.82) is 0 Å². The molecule has 0 aliphatic heterocycles. The fourth-order valence-corrected chi connectivity index (χ4v) is 10.1. The van der Waals surface area contributed by atoms with Crippen LogP contribution >= 0.6 is 11.3 Å². The molecule has 0 fully saturated rings. The smallest absolute Gasteiger partial charge is 0.147 e. The highest BCUT2D eigenvalue weighted by Crippen LogP contribution is 2.50. The van der Waals surface area contributed by atoms with E-state index in [2.05, 4.69) is 176 Å². The predicted octanol–water partition coefficient (Wildman–Crippen LogP) is 15.7. The summed E-state index contributed by atoms with van der Waals surface area (Å²) in [6.07, 6.45) is 0. The Kier molecular flexibility index (Phi) is 6.54. The van der Waals surface area contributed by atoms with Gasteiger partial charge in [0.25, 0.3) is 0 Å². The lowest BCUT2D eigenvalue weighted by Gasteiger charge is -2.18. The van der Waals surface area contributed by atoms with E-state index in [9.17, 15) is 0 Å². The second kappa shape index (κ2) is 11.8. The van der Waals surface area contributed by atoms with Crippen LogP contribution in [-0.4, -0.2) is 0 Å². The molecule has 12 aromatic rings. The van der Waals surface area contributed by atoms with Gasteiger partial charge in [0.1, 0.15) is 22.5 Å². The summed E-state index contributed by atoms with van der Waals surface area (Å²) >= 11 is 1.89. The molecule has 12 rings (SSSR count). The summed E-state index contributed by atoms with van der Waals surface area (Å²) in [5, 5.41) is 10.7. The molecule has 0 N–H and O–H groups in total. The first kappa shape index (κ1) is 30.5. The van der Waals surface area contributed by atoms with E-state index in [-0.39, 0.29) is 0 Å². The van der Waals surface area contributed by atoms with Crippen molar-refractivity contribution in [1.82, 2.24) is 0 Å². The van der Waals surface area contributed by atoms with Crippen molar-refractivity contribution in [2.45, 2.75) is 0 Å². The Balaban J connectivity index is 1.12. The highest BCUT2D eigenvalue weighted by atomic mass is 32.1. The van der Waals surface area contributed by atoms with Crippen LogP contribution in [0.4, 0.5) is 0 Å². The van der Waals surface area contributed by atoms with E-state index in [1.54, 1.807) is 0 Å². The average Bonchev–Trinajstić information content (AvgIpc) is 3.95. The summed E-state index contributed by atoms with van der Waals surface area (Å²) in [6, 6.07) is 65.2. The summed E-state index contributed by atoms with van der Waals surface area (Å²) in [4.78, 5) is 0. The summed E-state index contributed by atoms with van der Waals surface area (Å²) in [6.45, 7) is 0. The summed E-state index contributed by atoms with van der Waals surface area (Å²) in [5.41, 5.74) is 10.6. The van der Waals surface area contributed by atoms with Crippen molar-refractivity contribution in [3.63, 3.8) is 0 Å². The molecule has 2 nitrogen and oxygen atoms in total. The van der Waals surface area contributed by atoms with E-state index in [1.165, 1.54) is 58.4 Å². The molecule has 0 saturated carbocycles. The first-order valence-electron chi connectivity index (χ1n) is 18.7. The fraction of sp³-hybridized carbons (Fsp3) is 0. The molecule has 0 saturated heterocycles. The number of benzene rings is 9. The van der Waals surface area contributed by atoms with Crippen molar-refractivity contribution in [2.75, 3.05) is 0 Å². The van der Waals surface area contributed by atoms with Gasteiger partial charge in [0.15, 0.2) is 0 Å². The molecule has 0 bridgehead atoms. The van der Waals surface area contributed by atoms with Gasteiger partial charge < -0.3 is 8.83 Å². The van der Waals surface area contributed by atoms with E-state index < -0.39 is 0 Å². The van der Waals surface area contributed by atoms with Crippen LogP contribution in [0.5, 0.6) is 0 Å². The first-order chi connectivity index (χ1) is 27.3. The second-order valence-electron chi connectivity index (χ2n) is 14.3. The summed E-state index contributed by atoms with van der Waals surface area (Å²) in [5.74, 6) is 0.847. The Hall–Kier alpha value is -6.94. The monoisotopic (exact) mass is 718 g/mol. The van der Waals surface area contributed by atoms with E-state index in [0.29, 0.717) is 0 Å². The third kappa shape index (κ3) is 4.48. The highest BCUT2D eigenvalue weighted by Gasteiger charge is 2.24. The third-order valence-corrected chi connectivity index (χ3v) is 12.5. The van der Waals surface area contributed by atoms with E-state index in [0.717, 1.165) is 60.9 Å². The molecule has 0 spiro atoms. The van der Waals surface area contributed by atoms with Crippen LogP contribution < -0.4 is 0 Å². The zero-order chi connectivity index (χ0) is 36.0. The number of thiophene rings is 1. The zero-order valence-electron chi connectivity index (χ0n) is 29.5. The first-order valence-corrected chi connectivity index (χ1v) is 19.5. The Morgan fingerprint density at radius 2 is 0.945 bits per heavy atom. The summed E-state index contributed by atoms with van der Waals surface area (Å²) in [7, 11) is 0. The van der Waals surface area contributed by atoms with Gasteiger partial charge in [-0.1, -0.05) is 152 Å². The van der Waals surface area contributed by atoms with Gasteiger partial charge in [0, 0.05) is 47.6 Å². The topological polar surface area (TPSA) is 26.3 Å². The minimum absolute atomic E-state index is 0.811. The molecular weight excluding hydrogens is 689 g/mol. The molecular formula is C52H30O2S. The number of hydrogen-bond donors (Lipinski definition) is 0. The van der Waals surface area contributed by atoms with Crippen LogP contribution in [0.2, 0.25) is 0 Å². The number of rotatable bonds is 4. The van der Waals surface area contributed by atoms with E-state index in [4.69, 9.17) is 8.83 Å². The van der Waals surface area contributed by atoms with Gasteiger partial charge in [-0.2, -0.15) is 0 Å². The lowest BCUT2D eigenvalue weighted by Crippen LogP contribution is -1.91. The average molecular weight is 719 g/mol. The van der Waals surface area contributed by atoms with Crippen molar-refractivity contribution in [3.05, 3.63) is 182 Å². The van der Waals surface area contributed by atoms with Gasteiger partial charge in [0.2, 0.25) is 0 Å². The standard InChI is InChI=1S/C52H30O2S/c1-3-14-31(15-4-1)47-49-44(54-50(47)32-16-5-2-6-17-32)29-27-39-42-30-33(26-28-43(42)53-51(39)49)46-35-19-7-9-21-37(35)48(38-22-10-8-20-36(38)46)41-24-13-23-40-34-18-11-12-25-45(34)55-52(40)41/h1-30H. The molecule has 9 aromatic carbocycles. The Morgan fingerprint density at radius 1 is 0.345 bits per heavy atom. The van der Waals surface area contributed by atoms with Crippen molar-refractivity contribution in [3.8, 4) is 44.7 Å². The van der Waals surface area contributed by atoms with Gasteiger partial charge in [-0.3, -0.25) is 0 Å². The van der Waals surface area contributed by atoms with Gasteiger partial charge >= 0.3 is 0 Å². The lowest BCUT2D eigenvalue weighted by atomic mass is 9.85. The van der Waals surface area contributed by atoms with Gasteiger partial charge in [-0.05, 0) is 74.1 Å². The Bertz CT molecular complexity index is 3420. The lowest BCUT2D eigenvalue weighted by molar-refractivity contribution is 0.631. The molecule has 0 radical (unpaired) electrons. The minimum Gasteiger partial charge on any atom is -0.455 e. The van der Waals surface area contributed by atoms with Gasteiger partial charge in [-0.15, -0.1) is 11.3 Å². The van der Waals surface area contributed by atoms with Gasteiger partial charge in [0.05, 0.1) is 5.39 Å². The van der Waals surface area contributed by atoms with Crippen LogP contribution in [0, 0.1) is 0 Å². The molecule has 0 atom stereocenters. The van der Waals surface area contributed by atoms with Crippen molar-refractivity contribution in [2.24, 2.45) is 0 Å². The SMILES string of the molecule is c1ccc(-c2oc3ccc4c5cc(-c6c7ccccc7c(-c7cccc8c7sc7ccccc78)c7ccccc67)ccc5oc4c3c2-c2ccccc2)cc1. The maximum Gasteiger partial charge on any atom is 0.147 e. The van der Waals surface area contributed by atoms with E-state index >= 15 is 0 Å². The van der Waals surface area contributed by atoms with E-state index in [1.807, 2.05) is 17.4 Å². The fourth-order valence-electron chi connectivity index (χ4n) is 8.92. The summed E-state index contributed by atoms with van der Waals surface area (Å²) < 4.78 is 16.1. The minimum atomic E-state index is 0.811. The van der Waals surface area contributed by atoms with Crippen molar-refractivity contribution >= 4 is 86.0 Å². The van der Waals surface area contributed by atoms with Crippen LogP contribution in [0.3, 0.4) is 0 Å². The number of fused-ring (bicyclic) bond motifs is 10. The third-order valence-electron chi connectivity index (χ3n) is 11.3. The Morgan fingerprint density at radius 3 is 1.67 bits per heavy atom. The molecule has 0 aliphatic rings. The molecule has 55 heavy (non-hydrogen) atoms. The Labute approximate surface area is 320 Å². The predicted molar refractivity (Wildman–Crippen MR) is 233 cm³/mol. The second-order valence-corrected chi connectivity index (χ2v) is 15.3. The maximum atomic E-state index is 6.83.